The summed E-state index contributed by atoms with van der Waals surface area (Å²) >= 11 is 0. The quantitative estimate of drug-likeness (QED) is 0.851. The second kappa shape index (κ2) is 6.72. The Bertz CT molecular complexity index is 778. The predicted octanol–water partition coefficient (Wildman–Crippen LogP) is 1.68. The first-order valence-corrected chi connectivity index (χ1v) is 9.43. The molecule has 0 saturated heterocycles. The summed E-state index contributed by atoms with van der Waals surface area (Å²) in [6.45, 7) is 2.85. The van der Waals surface area contributed by atoms with Gasteiger partial charge in [-0.25, -0.2) is 22.7 Å². The van der Waals surface area contributed by atoms with E-state index in [0.29, 0.717) is 32.4 Å². The van der Waals surface area contributed by atoms with Crippen LogP contribution in [0.3, 0.4) is 0 Å². The van der Waals surface area contributed by atoms with Gasteiger partial charge in [0, 0.05) is 48.7 Å². The van der Waals surface area contributed by atoms with Gasteiger partial charge < -0.3 is 0 Å². The maximum atomic E-state index is 12.3. The molecule has 0 aliphatic carbocycles. The van der Waals surface area contributed by atoms with E-state index in [1.807, 2.05) is 19.1 Å². The van der Waals surface area contributed by atoms with Gasteiger partial charge in [0.05, 0.1) is 11.4 Å². The average Bonchev–Trinajstić information content (AvgIpc) is 2.78. The van der Waals surface area contributed by atoms with Crippen molar-refractivity contribution in [2.75, 3.05) is 18.8 Å². The average molecular weight is 332 g/mol. The molecule has 0 aromatic carbocycles. The number of aromatic nitrogens is 3. The van der Waals surface area contributed by atoms with Crippen LogP contribution < -0.4 is 0 Å². The number of hydrogen-bond donors (Lipinski definition) is 0. The van der Waals surface area contributed by atoms with Crippen LogP contribution in [-0.4, -0.2) is 46.5 Å². The second-order valence-electron chi connectivity index (χ2n) is 5.60. The summed E-state index contributed by atoms with van der Waals surface area (Å²) in [6, 6.07) is 3.84. The molecule has 3 rings (SSSR count). The van der Waals surface area contributed by atoms with Crippen molar-refractivity contribution in [1.82, 2.24) is 19.3 Å². The monoisotopic (exact) mass is 332 g/mol. The van der Waals surface area contributed by atoms with Crippen LogP contribution in [0.4, 0.5) is 0 Å². The van der Waals surface area contributed by atoms with E-state index in [2.05, 4.69) is 15.0 Å². The maximum Gasteiger partial charge on any atom is 0.214 e. The molecule has 122 valence electrons. The molecule has 1 aliphatic rings. The molecule has 0 spiro atoms. The van der Waals surface area contributed by atoms with Crippen LogP contribution in [0.15, 0.2) is 30.9 Å². The van der Waals surface area contributed by atoms with E-state index >= 15 is 0 Å². The van der Waals surface area contributed by atoms with E-state index in [0.717, 1.165) is 22.5 Å². The lowest BCUT2D eigenvalue weighted by Gasteiger charge is -2.19. The number of nitrogens with zero attached hydrogens (tertiary/aromatic N) is 4. The topological polar surface area (TPSA) is 76.1 Å². The third kappa shape index (κ3) is 3.40. The van der Waals surface area contributed by atoms with Gasteiger partial charge in [0.2, 0.25) is 10.0 Å². The molecule has 2 aromatic heterocycles. The highest BCUT2D eigenvalue weighted by molar-refractivity contribution is 7.89. The second-order valence-corrected chi connectivity index (χ2v) is 7.69. The summed E-state index contributed by atoms with van der Waals surface area (Å²) in [6.07, 6.45) is 6.93. The van der Waals surface area contributed by atoms with Gasteiger partial charge in [-0.05, 0) is 25.0 Å². The number of pyridine rings is 1. The van der Waals surface area contributed by atoms with Crippen molar-refractivity contribution in [3.05, 3.63) is 42.1 Å². The van der Waals surface area contributed by atoms with Gasteiger partial charge in [0.1, 0.15) is 6.33 Å². The van der Waals surface area contributed by atoms with Crippen molar-refractivity contribution in [2.45, 2.75) is 26.2 Å². The molecule has 0 bridgehead atoms. The first-order valence-electron chi connectivity index (χ1n) is 7.83. The molecular weight excluding hydrogens is 312 g/mol. The first kappa shape index (κ1) is 16.0. The largest absolute Gasteiger partial charge is 0.264 e. The molecule has 0 radical (unpaired) electrons. The van der Waals surface area contributed by atoms with Crippen LogP contribution in [-0.2, 0) is 22.9 Å². The van der Waals surface area contributed by atoms with Crippen LogP contribution in [0.25, 0.3) is 11.3 Å². The van der Waals surface area contributed by atoms with Crippen molar-refractivity contribution in [1.29, 1.82) is 0 Å². The molecule has 0 unspecified atom stereocenters. The molecule has 3 heterocycles. The van der Waals surface area contributed by atoms with Gasteiger partial charge in [-0.1, -0.05) is 6.92 Å². The molecule has 6 nitrogen and oxygen atoms in total. The minimum Gasteiger partial charge on any atom is -0.264 e. The summed E-state index contributed by atoms with van der Waals surface area (Å²) in [4.78, 5) is 12.9. The fourth-order valence-electron chi connectivity index (χ4n) is 2.92. The van der Waals surface area contributed by atoms with Gasteiger partial charge >= 0.3 is 0 Å². The third-order valence-corrected chi connectivity index (χ3v) is 6.11. The summed E-state index contributed by atoms with van der Waals surface area (Å²) in [5.41, 5.74) is 3.77. The molecule has 0 saturated carbocycles. The minimum atomic E-state index is -3.18. The zero-order valence-electron chi connectivity index (χ0n) is 13.1. The Morgan fingerprint density at radius 3 is 2.78 bits per heavy atom. The molecule has 2 aromatic rings. The van der Waals surface area contributed by atoms with Crippen LogP contribution in [0.5, 0.6) is 0 Å². The standard InChI is InChI=1S/C16H20N4O2S/c1-2-10-23(21,22)20-8-5-14-15(6-9-20)18-12-19-16(14)13-4-3-7-17-11-13/h3-4,7,11-12H,2,5-6,8-10H2,1H3. The molecule has 23 heavy (non-hydrogen) atoms. The van der Waals surface area contributed by atoms with E-state index in [9.17, 15) is 8.42 Å². The zero-order chi connectivity index (χ0) is 16.3. The Balaban J connectivity index is 1.92. The molecule has 7 heteroatoms. The molecular formula is C16H20N4O2S. The lowest BCUT2D eigenvalue weighted by Crippen LogP contribution is -2.35. The Labute approximate surface area is 136 Å². The van der Waals surface area contributed by atoms with E-state index in [1.54, 1.807) is 23.0 Å². The Morgan fingerprint density at radius 1 is 1.22 bits per heavy atom. The Kier molecular flexibility index (Phi) is 4.68. The van der Waals surface area contributed by atoms with Crippen molar-refractivity contribution in [3.8, 4) is 11.3 Å². The van der Waals surface area contributed by atoms with E-state index in [4.69, 9.17) is 0 Å². The third-order valence-electron chi connectivity index (χ3n) is 4.03. The molecule has 1 aliphatic heterocycles. The fraction of sp³-hybridized carbons (Fsp3) is 0.438. The lowest BCUT2D eigenvalue weighted by atomic mass is 10.0. The first-order chi connectivity index (χ1) is 11.1. The van der Waals surface area contributed by atoms with Gasteiger partial charge in [-0.2, -0.15) is 0 Å². The van der Waals surface area contributed by atoms with Crippen molar-refractivity contribution >= 4 is 10.0 Å². The van der Waals surface area contributed by atoms with Gasteiger partial charge in [0.15, 0.2) is 0 Å². The van der Waals surface area contributed by atoms with Crippen LogP contribution >= 0.6 is 0 Å². The van der Waals surface area contributed by atoms with Gasteiger partial charge in [0.25, 0.3) is 0 Å². The molecule has 0 N–H and O–H groups in total. The highest BCUT2D eigenvalue weighted by Crippen LogP contribution is 2.25. The van der Waals surface area contributed by atoms with Crippen LogP contribution in [0, 0.1) is 0 Å². The van der Waals surface area contributed by atoms with E-state index in [1.165, 1.54) is 0 Å². The van der Waals surface area contributed by atoms with Crippen LogP contribution in [0.2, 0.25) is 0 Å². The molecule has 0 atom stereocenters. The Morgan fingerprint density at radius 2 is 2.04 bits per heavy atom. The lowest BCUT2D eigenvalue weighted by molar-refractivity contribution is 0.425. The number of rotatable bonds is 4. The molecule has 0 fully saturated rings. The van der Waals surface area contributed by atoms with Gasteiger partial charge in [-0.3, -0.25) is 4.98 Å². The van der Waals surface area contributed by atoms with Crippen molar-refractivity contribution < 1.29 is 8.42 Å². The summed E-state index contributed by atoms with van der Waals surface area (Å²) in [7, 11) is -3.18. The fourth-order valence-corrected chi connectivity index (χ4v) is 4.44. The Hall–Kier alpha value is -1.86. The van der Waals surface area contributed by atoms with Crippen LogP contribution in [0.1, 0.15) is 24.6 Å². The highest BCUT2D eigenvalue weighted by Gasteiger charge is 2.26. The van der Waals surface area contributed by atoms with E-state index < -0.39 is 10.0 Å². The minimum absolute atomic E-state index is 0.199. The van der Waals surface area contributed by atoms with Crippen molar-refractivity contribution in [2.24, 2.45) is 0 Å². The van der Waals surface area contributed by atoms with Gasteiger partial charge in [-0.15, -0.1) is 0 Å². The maximum absolute atomic E-state index is 12.3. The number of hydrogen-bond acceptors (Lipinski definition) is 5. The number of sulfonamides is 1. The molecule has 0 amide bonds. The normalized spacial score (nSPS) is 15.9. The van der Waals surface area contributed by atoms with Crippen molar-refractivity contribution in [3.63, 3.8) is 0 Å². The van der Waals surface area contributed by atoms with E-state index in [-0.39, 0.29) is 5.75 Å². The number of fused-ring (bicyclic) bond motifs is 1. The smallest absolute Gasteiger partial charge is 0.214 e. The summed E-state index contributed by atoms with van der Waals surface area (Å²) in [5, 5.41) is 0. The summed E-state index contributed by atoms with van der Waals surface area (Å²) in [5.74, 6) is 0.199. The summed E-state index contributed by atoms with van der Waals surface area (Å²) < 4.78 is 26.2. The predicted molar refractivity (Wildman–Crippen MR) is 88.3 cm³/mol. The highest BCUT2D eigenvalue weighted by atomic mass is 32.2. The zero-order valence-corrected chi connectivity index (χ0v) is 14.0. The SMILES string of the molecule is CCCS(=O)(=O)N1CCc2ncnc(-c3cccnc3)c2CC1.